The van der Waals surface area contributed by atoms with Crippen molar-refractivity contribution in [3.05, 3.63) is 82.4 Å². The molecule has 21 nitrogen and oxygen atoms in total. The maximum Gasteiger partial charge on any atom is 0.340 e. The fraction of sp³-hybridized carbons (Fsp3) is 0.372. The van der Waals surface area contributed by atoms with Crippen LogP contribution in [0.4, 0.5) is 4.39 Å². The molecular weight excluding hydrogens is 863 g/mol. The molecule has 22 heteroatoms. The lowest BCUT2D eigenvalue weighted by molar-refractivity contribution is -0.156. The smallest absolute Gasteiger partial charge is 0.340 e. The van der Waals surface area contributed by atoms with E-state index in [0.29, 0.717) is 11.1 Å². The quantitative estimate of drug-likeness (QED) is 0.0777. The van der Waals surface area contributed by atoms with Gasteiger partial charge in [-0.2, -0.15) is 0 Å². The topological polar surface area (TPSA) is 298 Å². The SMILES string of the molecule is COC(=O)CC[C@H](NC(=O)[C@H](CC(=O)OC)NC(=O)c1ccc2c(c1)C(=O)OC21c2ccc(O)cc2Oc2cc(O)ccc21)C(=O)N[C@H](C(=O)N[C@@H](CC(=O)OC)C(=O)OCF)C(C)C. The van der Waals surface area contributed by atoms with Gasteiger partial charge in [0.1, 0.15) is 47.2 Å². The molecule has 5 rings (SSSR count). The van der Waals surface area contributed by atoms with Crippen LogP contribution in [0.2, 0.25) is 0 Å². The Morgan fingerprint density at radius 2 is 1.22 bits per heavy atom. The van der Waals surface area contributed by atoms with Crippen molar-refractivity contribution >= 4 is 53.5 Å². The van der Waals surface area contributed by atoms with E-state index in [1.54, 1.807) is 0 Å². The first kappa shape index (κ1) is 48.3. The summed E-state index contributed by atoms with van der Waals surface area (Å²) < 4.78 is 43.1. The molecule has 2 aliphatic rings. The predicted molar refractivity (Wildman–Crippen MR) is 216 cm³/mol. The van der Waals surface area contributed by atoms with Gasteiger partial charge in [-0.25, -0.2) is 14.0 Å². The Kier molecular flexibility index (Phi) is 15.3. The van der Waals surface area contributed by atoms with Crippen LogP contribution in [0, 0.1) is 5.92 Å². The maximum atomic E-state index is 13.9. The number of benzene rings is 3. The number of phenolic OH excluding ortho intramolecular Hbond substituents is 2. The number of carbonyl (C=O) groups is 9. The molecule has 0 bridgehead atoms. The van der Waals surface area contributed by atoms with Crippen molar-refractivity contribution in [3.8, 4) is 23.0 Å². The van der Waals surface area contributed by atoms with E-state index in [1.165, 1.54) is 68.4 Å². The number of ether oxygens (including phenoxy) is 6. The van der Waals surface area contributed by atoms with E-state index in [-0.39, 0.29) is 39.7 Å². The summed E-state index contributed by atoms with van der Waals surface area (Å²) in [5.41, 5.74) is -1.02. The summed E-state index contributed by atoms with van der Waals surface area (Å²) in [5.74, 6) is -9.92. The average molecular weight is 909 g/mol. The Balaban J connectivity index is 1.41. The van der Waals surface area contributed by atoms with Crippen LogP contribution in [0.3, 0.4) is 0 Å². The van der Waals surface area contributed by atoms with Gasteiger partial charge in [-0.3, -0.25) is 33.6 Å². The summed E-state index contributed by atoms with van der Waals surface area (Å²) in [6, 6.07) is 5.66. The second kappa shape index (κ2) is 20.6. The third kappa shape index (κ3) is 10.7. The van der Waals surface area contributed by atoms with Crippen LogP contribution in [0.15, 0.2) is 54.6 Å². The van der Waals surface area contributed by atoms with Gasteiger partial charge in [0.25, 0.3) is 5.91 Å². The number of phenols is 2. The van der Waals surface area contributed by atoms with Gasteiger partial charge in [0, 0.05) is 40.8 Å². The van der Waals surface area contributed by atoms with Crippen molar-refractivity contribution in [3.63, 3.8) is 0 Å². The van der Waals surface area contributed by atoms with E-state index >= 15 is 0 Å². The van der Waals surface area contributed by atoms with E-state index in [2.05, 4.69) is 35.5 Å². The van der Waals surface area contributed by atoms with Gasteiger partial charge >= 0.3 is 29.8 Å². The number of amides is 4. The first-order valence-electron chi connectivity index (χ1n) is 19.7. The molecule has 2 aliphatic heterocycles. The number of carbonyl (C=O) groups excluding carboxylic acids is 9. The first-order chi connectivity index (χ1) is 30.9. The fourth-order valence-electron chi connectivity index (χ4n) is 7.10. The number of methoxy groups -OCH3 is 3. The molecule has 0 fully saturated rings. The number of esters is 5. The number of hydrogen-bond donors (Lipinski definition) is 6. The molecule has 1 spiro atoms. The van der Waals surface area contributed by atoms with Gasteiger partial charge in [0.2, 0.25) is 24.6 Å². The molecule has 3 aromatic rings. The summed E-state index contributed by atoms with van der Waals surface area (Å²) in [4.78, 5) is 118. The van der Waals surface area contributed by atoms with E-state index < -0.39 is 122 Å². The van der Waals surface area contributed by atoms with Crippen molar-refractivity contribution in [2.45, 2.75) is 69.3 Å². The molecule has 4 atom stereocenters. The lowest BCUT2D eigenvalue weighted by Crippen LogP contribution is -2.59. The van der Waals surface area contributed by atoms with Gasteiger partial charge in [0.15, 0.2) is 5.60 Å². The second-order valence-electron chi connectivity index (χ2n) is 14.9. The number of hydrogen-bond acceptors (Lipinski definition) is 17. The van der Waals surface area contributed by atoms with Gasteiger partial charge in [-0.05, 0) is 48.7 Å². The molecule has 0 saturated heterocycles. The van der Waals surface area contributed by atoms with Gasteiger partial charge in [-0.15, -0.1) is 0 Å². The molecule has 0 aromatic heterocycles. The number of aromatic hydroxyl groups is 2. The third-order valence-electron chi connectivity index (χ3n) is 10.4. The molecule has 3 aromatic carbocycles. The highest BCUT2D eigenvalue weighted by Crippen LogP contribution is 2.57. The van der Waals surface area contributed by atoms with Crippen LogP contribution < -0.4 is 26.0 Å². The van der Waals surface area contributed by atoms with Gasteiger partial charge < -0.3 is 59.9 Å². The summed E-state index contributed by atoms with van der Waals surface area (Å²) in [7, 11) is 3.11. The Hall–Kier alpha value is -7.78. The highest BCUT2D eigenvalue weighted by Gasteiger charge is 2.54. The number of halogens is 1. The molecule has 6 N–H and O–H groups in total. The lowest BCUT2D eigenvalue weighted by Gasteiger charge is -2.36. The number of fused-ring (bicyclic) bond motifs is 6. The van der Waals surface area contributed by atoms with Crippen molar-refractivity contribution in [2.24, 2.45) is 5.92 Å². The summed E-state index contributed by atoms with van der Waals surface area (Å²) in [6.45, 7) is 1.43. The minimum absolute atomic E-state index is 0.0780. The Morgan fingerprint density at radius 1 is 0.677 bits per heavy atom. The number of nitrogens with one attached hydrogen (secondary N) is 4. The summed E-state index contributed by atoms with van der Waals surface area (Å²) in [6.07, 6.45) is -2.42. The molecular formula is C43H45FN4O17. The molecule has 0 unspecified atom stereocenters. The van der Waals surface area contributed by atoms with E-state index in [1.807, 2.05) is 0 Å². The minimum Gasteiger partial charge on any atom is -0.508 e. The molecule has 0 aliphatic carbocycles. The largest absolute Gasteiger partial charge is 0.508 e. The molecule has 4 amide bonds. The average Bonchev–Trinajstić information content (AvgIpc) is 3.56. The normalized spacial score (nSPS) is 14.6. The van der Waals surface area contributed by atoms with E-state index in [0.717, 1.165) is 21.3 Å². The standard InChI is InChI=1S/C43H45FN4O17/c1-20(2)36(40(57)47-30(18-35(53)62-5)42(59)63-19-44)48-38(55)28(12-13-33(51)60-3)45-39(56)29(17-34(52)61-4)46-37(54)21-6-9-25-24(14-21)41(58)65-43(25)26-10-7-22(49)15-31(26)64-32-16-23(50)8-11-27(32)43/h6-11,14-16,20,28-30,36,49-50H,12-13,17-19H2,1-5H3,(H,45,56)(H,46,54)(H,47,57)(H,48,55)/t28-,29-,30-,36-/m0/s1. The van der Waals surface area contributed by atoms with E-state index in [9.17, 15) is 57.8 Å². The molecule has 346 valence electrons. The first-order valence-corrected chi connectivity index (χ1v) is 19.7. The highest BCUT2D eigenvalue weighted by molar-refractivity contribution is 6.04. The van der Waals surface area contributed by atoms with Crippen LogP contribution in [0.1, 0.15) is 76.9 Å². The monoisotopic (exact) mass is 908 g/mol. The lowest BCUT2D eigenvalue weighted by atomic mass is 9.77. The molecule has 2 heterocycles. The number of alkyl halides is 1. The zero-order chi connectivity index (χ0) is 47.7. The van der Waals surface area contributed by atoms with Crippen LogP contribution in [0.25, 0.3) is 0 Å². The van der Waals surface area contributed by atoms with Crippen LogP contribution >= 0.6 is 0 Å². The van der Waals surface area contributed by atoms with Gasteiger partial charge in [-0.1, -0.05) is 19.9 Å². The Bertz CT molecular complexity index is 2350. The Morgan fingerprint density at radius 3 is 1.77 bits per heavy atom. The van der Waals surface area contributed by atoms with Gasteiger partial charge in [0.05, 0.1) is 39.7 Å². The second-order valence-corrected chi connectivity index (χ2v) is 14.9. The molecule has 0 radical (unpaired) electrons. The highest BCUT2D eigenvalue weighted by atomic mass is 19.1. The zero-order valence-corrected chi connectivity index (χ0v) is 35.5. The van der Waals surface area contributed by atoms with Crippen molar-refractivity contribution < 1.29 is 86.2 Å². The van der Waals surface area contributed by atoms with Crippen LogP contribution in [-0.4, -0.2) is 116 Å². The fourth-order valence-corrected chi connectivity index (χ4v) is 7.10. The zero-order valence-electron chi connectivity index (χ0n) is 35.5. The molecule has 0 saturated carbocycles. The maximum absolute atomic E-state index is 13.9. The van der Waals surface area contributed by atoms with Crippen molar-refractivity contribution in [1.82, 2.24) is 21.3 Å². The van der Waals surface area contributed by atoms with Crippen LogP contribution in [-0.2, 0) is 62.8 Å². The third-order valence-corrected chi connectivity index (χ3v) is 10.4. The summed E-state index contributed by atoms with van der Waals surface area (Å²) >= 11 is 0. The minimum atomic E-state index is -1.76. The molecule has 65 heavy (non-hydrogen) atoms. The summed E-state index contributed by atoms with van der Waals surface area (Å²) in [5, 5.41) is 29.8. The van der Waals surface area contributed by atoms with Crippen molar-refractivity contribution in [1.29, 1.82) is 0 Å². The van der Waals surface area contributed by atoms with Crippen molar-refractivity contribution in [2.75, 3.05) is 28.2 Å². The number of rotatable bonds is 18. The predicted octanol–water partition coefficient (Wildman–Crippen LogP) is 1.42. The van der Waals surface area contributed by atoms with E-state index in [4.69, 9.17) is 14.2 Å². The Labute approximate surface area is 369 Å². The van der Waals surface area contributed by atoms with Crippen LogP contribution in [0.5, 0.6) is 23.0 Å².